The van der Waals surface area contributed by atoms with E-state index in [1.54, 1.807) is 11.3 Å². The third-order valence-corrected chi connectivity index (χ3v) is 5.62. The average molecular weight is 322 g/mol. The fourth-order valence-corrected chi connectivity index (χ4v) is 4.65. The van der Waals surface area contributed by atoms with Crippen LogP contribution >= 0.6 is 22.7 Å². The van der Waals surface area contributed by atoms with E-state index in [9.17, 15) is 5.11 Å². The van der Waals surface area contributed by atoms with Gasteiger partial charge in [-0.25, -0.2) is 4.98 Å². The third kappa shape index (κ3) is 2.24. The van der Waals surface area contributed by atoms with Crippen LogP contribution in [0, 0.1) is 0 Å². The van der Waals surface area contributed by atoms with E-state index in [1.807, 2.05) is 6.07 Å². The van der Waals surface area contributed by atoms with Crippen molar-refractivity contribution in [3.8, 4) is 5.88 Å². The quantitative estimate of drug-likeness (QED) is 0.799. The van der Waals surface area contributed by atoms with Gasteiger partial charge in [0, 0.05) is 18.0 Å². The molecule has 0 aromatic carbocycles. The van der Waals surface area contributed by atoms with Gasteiger partial charge in [0.05, 0.1) is 24.1 Å². The molecule has 3 aromatic rings. The molecule has 21 heavy (non-hydrogen) atoms. The van der Waals surface area contributed by atoms with E-state index in [1.165, 1.54) is 27.1 Å². The Kier molecular flexibility index (Phi) is 3.38. The second-order valence-electron chi connectivity index (χ2n) is 4.81. The Hall–Kier alpha value is -1.48. The molecule has 110 valence electrons. The summed E-state index contributed by atoms with van der Waals surface area (Å²) in [4.78, 5) is 9.36. The van der Waals surface area contributed by atoms with Crippen molar-refractivity contribution in [3.63, 3.8) is 0 Å². The standard InChI is InChI=1S/C13H14N4O2S2/c18-12-11(21-13-14-8-15-17(12)13)10(9-2-1-7-20-9)16-3-5-19-6-4-16/h1-2,7-8,10,18H,3-6H2/t10-/m1/s1. The van der Waals surface area contributed by atoms with Gasteiger partial charge in [0.25, 0.3) is 0 Å². The minimum atomic E-state index is 0.0439. The molecule has 1 fully saturated rings. The van der Waals surface area contributed by atoms with E-state index < -0.39 is 0 Å². The lowest BCUT2D eigenvalue weighted by Crippen LogP contribution is -2.39. The molecule has 1 N–H and O–H groups in total. The summed E-state index contributed by atoms with van der Waals surface area (Å²) in [6.07, 6.45) is 1.46. The van der Waals surface area contributed by atoms with E-state index in [4.69, 9.17) is 4.74 Å². The van der Waals surface area contributed by atoms with E-state index in [0.29, 0.717) is 0 Å². The number of thiazole rings is 1. The Morgan fingerprint density at radius 3 is 2.90 bits per heavy atom. The number of rotatable bonds is 3. The van der Waals surface area contributed by atoms with Crippen LogP contribution in [-0.4, -0.2) is 50.9 Å². The zero-order valence-corrected chi connectivity index (χ0v) is 12.8. The first-order chi connectivity index (χ1) is 10.3. The van der Waals surface area contributed by atoms with Crippen molar-refractivity contribution in [3.05, 3.63) is 33.6 Å². The molecule has 0 bridgehead atoms. The Balaban J connectivity index is 1.81. The van der Waals surface area contributed by atoms with Crippen molar-refractivity contribution < 1.29 is 9.84 Å². The first kappa shape index (κ1) is 13.2. The highest BCUT2D eigenvalue weighted by Crippen LogP contribution is 2.41. The van der Waals surface area contributed by atoms with Gasteiger partial charge in [0.1, 0.15) is 6.33 Å². The second-order valence-corrected chi connectivity index (χ2v) is 6.80. The van der Waals surface area contributed by atoms with Gasteiger partial charge in [-0.3, -0.25) is 4.90 Å². The van der Waals surface area contributed by atoms with E-state index in [2.05, 4.69) is 26.4 Å². The highest BCUT2D eigenvalue weighted by Gasteiger charge is 2.30. The Bertz CT molecular complexity index is 731. The first-order valence-corrected chi connectivity index (χ1v) is 8.41. The number of hydrogen-bond donors (Lipinski definition) is 1. The minimum absolute atomic E-state index is 0.0439. The topological polar surface area (TPSA) is 62.9 Å². The van der Waals surface area contributed by atoms with Crippen molar-refractivity contribution >= 4 is 27.6 Å². The summed E-state index contributed by atoms with van der Waals surface area (Å²) in [5, 5.41) is 16.6. The number of thiophene rings is 1. The number of nitrogens with zero attached hydrogens (tertiary/aromatic N) is 4. The molecular weight excluding hydrogens is 308 g/mol. The van der Waals surface area contributed by atoms with Gasteiger partial charge in [0.2, 0.25) is 10.8 Å². The van der Waals surface area contributed by atoms with E-state index in [0.717, 1.165) is 36.1 Å². The molecule has 0 saturated carbocycles. The number of ether oxygens (including phenoxy) is 1. The number of aromatic hydroxyl groups is 1. The van der Waals surface area contributed by atoms with Crippen LogP contribution in [0.3, 0.4) is 0 Å². The fraction of sp³-hybridized carbons (Fsp3) is 0.385. The van der Waals surface area contributed by atoms with E-state index >= 15 is 0 Å². The van der Waals surface area contributed by atoms with Crippen LogP contribution in [0.4, 0.5) is 0 Å². The molecule has 8 heteroatoms. The number of hydrogen-bond acceptors (Lipinski definition) is 7. The Labute approximate surface area is 129 Å². The number of fused-ring (bicyclic) bond motifs is 1. The lowest BCUT2D eigenvalue weighted by atomic mass is 10.1. The van der Waals surface area contributed by atoms with Crippen LogP contribution in [-0.2, 0) is 4.74 Å². The summed E-state index contributed by atoms with van der Waals surface area (Å²) in [5.74, 6) is 0.192. The molecule has 1 aliphatic heterocycles. The first-order valence-electron chi connectivity index (χ1n) is 6.71. The number of aromatic nitrogens is 3. The molecular formula is C13H14N4O2S2. The van der Waals surface area contributed by atoms with Crippen molar-refractivity contribution in [1.29, 1.82) is 0 Å². The Morgan fingerprint density at radius 2 is 2.19 bits per heavy atom. The molecule has 0 amide bonds. The van der Waals surface area contributed by atoms with Crippen LogP contribution in [0.1, 0.15) is 15.8 Å². The third-order valence-electron chi connectivity index (χ3n) is 3.61. The minimum Gasteiger partial charge on any atom is -0.492 e. The van der Waals surface area contributed by atoms with Crippen molar-refractivity contribution in [1.82, 2.24) is 19.5 Å². The maximum Gasteiger partial charge on any atom is 0.230 e. The van der Waals surface area contributed by atoms with Gasteiger partial charge in [-0.05, 0) is 11.4 Å². The summed E-state index contributed by atoms with van der Waals surface area (Å²) < 4.78 is 6.95. The molecule has 1 atom stereocenters. The van der Waals surface area contributed by atoms with Crippen LogP contribution in [0.15, 0.2) is 23.8 Å². The summed E-state index contributed by atoms with van der Waals surface area (Å²) in [6, 6.07) is 4.20. The van der Waals surface area contributed by atoms with Gasteiger partial charge in [-0.2, -0.15) is 9.61 Å². The molecule has 1 saturated heterocycles. The SMILES string of the molecule is Oc1c([C@@H](c2cccs2)N2CCOCC2)sc2ncnn12. The zero-order valence-electron chi connectivity index (χ0n) is 11.2. The normalized spacial score (nSPS) is 18.3. The van der Waals surface area contributed by atoms with Gasteiger partial charge < -0.3 is 9.84 Å². The Morgan fingerprint density at radius 1 is 1.33 bits per heavy atom. The van der Waals surface area contributed by atoms with Gasteiger partial charge >= 0.3 is 0 Å². The molecule has 0 radical (unpaired) electrons. The monoisotopic (exact) mass is 322 g/mol. The van der Waals surface area contributed by atoms with Gasteiger partial charge in [0.15, 0.2) is 0 Å². The molecule has 0 unspecified atom stereocenters. The summed E-state index contributed by atoms with van der Waals surface area (Å²) >= 11 is 3.20. The number of morpholine rings is 1. The van der Waals surface area contributed by atoms with Crippen LogP contribution in [0.25, 0.3) is 4.96 Å². The van der Waals surface area contributed by atoms with Crippen molar-refractivity contribution in [2.75, 3.05) is 26.3 Å². The zero-order chi connectivity index (χ0) is 14.2. The van der Waals surface area contributed by atoms with Crippen LogP contribution in [0.5, 0.6) is 5.88 Å². The summed E-state index contributed by atoms with van der Waals surface area (Å²) in [6.45, 7) is 3.16. The fourth-order valence-electron chi connectivity index (χ4n) is 2.63. The molecule has 1 aliphatic rings. The maximum absolute atomic E-state index is 10.5. The lowest BCUT2D eigenvalue weighted by molar-refractivity contribution is 0.0247. The highest BCUT2D eigenvalue weighted by molar-refractivity contribution is 7.17. The lowest BCUT2D eigenvalue weighted by Gasteiger charge is -2.33. The molecule has 4 heterocycles. The molecule has 3 aromatic heterocycles. The summed E-state index contributed by atoms with van der Waals surface area (Å²) in [7, 11) is 0. The highest BCUT2D eigenvalue weighted by atomic mass is 32.1. The smallest absolute Gasteiger partial charge is 0.230 e. The maximum atomic E-state index is 10.5. The van der Waals surface area contributed by atoms with E-state index in [-0.39, 0.29) is 11.9 Å². The second kappa shape index (κ2) is 5.38. The van der Waals surface area contributed by atoms with Crippen LogP contribution in [0.2, 0.25) is 0 Å². The van der Waals surface area contributed by atoms with Crippen molar-refractivity contribution in [2.45, 2.75) is 6.04 Å². The molecule has 0 aliphatic carbocycles. The average Bonchev–Trinajstić information content (AvgIpc) is 3.22. The predicted molar refractivity (Wildman–Crippen MR) is 81.1 cm³/mol. The molecule has 6 nitrogen and oxygen atoms in total. The molecule has 4 rings (SSSR count). The molecule has 0 spiro atoms. The van der Waals surface area contributed by atoms with Gasteiger partial charge in [-0.15, -0.1) is 11.3 Å². The summed E-state index contributed by atoms with van der Waals surface area (Å²) in [5.41, 5.74) is 0. The predicted octanol–water partition coefficient (Wildman–Crippen LogP) is 1.98. The van der Waals surface area contributed by atoms with Crippen molar-refractivity contribution in [2.24, 2.45) is 0 Å². The van der Waals surface area contributed by atoms with Crippen LogP contribution < -0.4 is 0 Å². The van der Waals surface area contributed by atoms with Gasteiger partial charge in [-0.1, -0.05) is 17.4 Å². The largest absolute Gasteiger partial charge is 0.492 e.